The quantitative estimate of drug-likeness (QED) is 0.236. The monoisotopic (exact) mass is 540 g/mol. The first-order valence-corrected chi connectivity index (χ1v) is 13.2. The Morgan fingerprint density at radius 2 is 1.69 bits per heavy atom. The lowest BCUT2D eigenvalue weighted by Crippen LogP contribution is -2.38. The summed E-state index contributed by atoms with van der Waals surface area (Å²) in [5.74, 6) is -1.06. The molecule has 39 heavy (non-hydrogen) atoms. The van der Waals surface area contributed by atoms with E-state index in [4.69, 9.17) is 4.84 Å². The lowest BCUT2D eigenvalue weighted by molar-refractivity contribution is -0.143. The summed E-state index contributed by atoms with van der Waals surface area (Å²) >= 11 is 0. The van der Waals surface area contributed by atoms with Gasteiger partial charge in [-0.2, -0.15) is 13.2 Å². The van der Waals surface area contributed by atoms with Crippen LogP contribution in [0, 0.1) is 5.92 Å². The van der Waals surface area contributed by atoms with Crippen molar-refractivity contribution in [1.29, 1.82) is 0 Å². The van der Waals surface area contributed by atoms with Gasteiger partial charge in [-0.15, -0.1) is 0 Å². The van der Waals surface area contributed by atoms with Gasteiger partial charge in [-0.05, 0) is 60.2 Å². The van der Waals surface area contributed by atoms with Crippen LogP contribution in [0.3, 0.4) is 0 Å². The maximum atomic E-state index is 13.7. The Morgan fingerprint density at radius 3 is 2.33 bits per heavy atom. The van der Waals surface area contributed by atoms with E-state index in [1.54, 1.807) is 43.3 Å². The molecule has 1 atom stereocenters. The third kappa shape index (κ3) is 8.42. The minimum absolute atomic E-state index is 0.0900. The molecule has 1 heterocycles. The zero-order valence-electron chi connectivity index (χ0n) is 22.5. The summed E-state index contributed by atoms with van der Waals surface area (Å²) in [6, 6.07) is 20.4. The molecule has 1 aliphatic rings. The molecular formula is C31H35F3N2O3. The van der Waals surface area contributed by atoms with Gasteiger partial charge in [-0.3, -0.25) is 9.69 Å². The zero-order valence-corrected chi connectivity index (χ0v) is 22.5. The van der Waals surface area contributed by atoms with E-state index in [0.717, 1.165) is 36.6 Å². The number of hydrogen-bond acceptors (Lipinski definition) is 4. The number of aliphatic carboxylic acids is 1. The highest BCUT2D eigenvalue weighted by Crippen LogP contribution is 2.37. The van der Waals surface area contributed by atoms with Crippen molar-refractivity contribution in [3.63, 3.8) is 0 Å². The predicted octanol–water partition coefficient (Wildman–Crippen LogP) is 7.64. The number of oxime groups is 1. The van der Waals surface area contributed by atoms with Crippen molar-refractivity contribution in [3.8, 4) is 11.1 Å². The van der Waals surface area contributed by atoms with Gasteiger partial charge in [-0.25, -0.2) is 0 Å². The number of carboxylic acid groups (broad SMARTS) is 1. The Balaban J connectivity index is 0.00000205. The highest BCUT2D eigenvalue weighted by molar-refractivity contribution is 5.98. The number of piperidine rings is 1. The summed E-state index contributed by atoms with van der Waals surface area (Å²) in [6.07, 6.45) is -2.91. The molecule has 0 aromatic heterocycles. The van der Waals surface area contributed by atoms with Gasteiger partial charge in [0.25, 0.3) is 0 Å². The zero-order chi connectivity index (χ0) is 28.4. The molecule has 4 rings (SSSR count). The number of benzene rings is 3. The summed E-state index contributed by atoms with van der Waals surface area (Å²) in [5.41, 5.74) is 2.80. The van der Waals surface area contributed by atoms with Crippen LogP contribution < -0.4 is 0 Å². The molecule has 1 aliphatic heterocycles. The minimum Gasteiger partial charge on any atom is -0.481 e. The first-order valence-electron chi connectivity index (χ1n) is 13.2. The van der Waals surface area contributed by atoms with E-state index in [9.17, 15) is 23.1 Å². The van der Waals surface area contributed by atoms with Gasteiger partial charge in [0.2, 0.25) is 0 Å². The molecule has 8 heteroatoms. The third-order valence-corrected chi connectivity index (χ3v) is 6.54. The normalized spacial score (nSPS) is 16.3. The Bertz CT molecular complexity index is 1240. The number of nitrogens with zero attached hydrogens (tertiary/aromatic N) is 2. The summed E-state index contributed by atoms with van der Waals surface area (Å²) < 4.78 is 41.2. The molecular weight excluding hydrogens is 505 g/mol. The van der Waals surface area contributed by atoms with Crippen LogP contribution in [-0.4, -0.2) is 34.8 Å². The maximum absolute atomic E-state index is 13.7. The van der Waals surface area contributed by atoms with Gasteiger partial charge in [0.1, 0.15) is 6.61 Å². The van der Waals surface area contributed by atoms with Crippen molar-refractivity contribution >= 4 is 11.7 Å². The molecule has 0 radical (unpaired) electrons. The first-order chi connectivity index (χ1) is 18.7. The van der Waals surface area contributed by atoms with Crippen LogP contribution >= 0.6 is 0 Å². The van der Waals surface area contributed by atoms with Gasteiger partial charge in [0, 0.05) is 13.1 Å². The molecule has 1 fully saturated rings. The SMILES string of the molecule is C/C(=N\OCc1ccc(-c2ccccc2)c(C(F)(F)F)c1)c1ccc(CN2CCCC(C(=O)O)C2)cc1.CC. The van der Waals surface area contributed by atoms with Crippen LogP contribution in [-0.2, 0) is 29.0 Å². The lowest BCUT2D eigenvalue weighted by atomic mass is 9.97. The fourth-order valence-corrected chi connectivity index (χ4v) is 4.55. The van der Waals surface area contributed by atoms with E-state index in [0.29, 0.717) is 29.9 Å². The standard InChI is InChI=1S/C29H29F3N2O3.C2H6/c1-20(23-12-9-21(10-13-23)17-34-15-5-8-25(18-34)28(35)36)33-37-19-22-11-14-26(24-6-3-2-4-7-24)27(16-22)29(30,31)32;1-2/h2-4,6-7,9-14,16,25H,5,8,15,17-19H2,1H3,(H,35,36);1-2H3/b33-20+;. The number of alkyl halides is 3. The highest BCUT2D eigenvalue weighted by atomic mass is 19.4. The smallest absolute Gasteiger partial charge is 0.417 e. The Labute approximate surface area is 227 Å². The van der Waals surface area contributed by atoms with Gasteiger partial charge in [0.05, 0.1) is 17.2 Å². The number of hydrogen-bond donors (Lipinski definition) is 1. The van der Waals surface area contributed by atoms with Gasteiger partial charge >= 0.3 is 12.1 Å². The lowest BCUT2D eigenvalue weighted by Gasteiger charge is -2.30. The summed E-state index contributed by atoms with van der Waals surface area (Å²) in [5, 5.41) is 13.4. The molecule has 3 aromatic carbocycles. The number of halogens is 3. The van der Waals surface area contributed by atoms with Crippen molar-refractivity contribution in [2.75, 3.05) is 13.1 Å². The largest absolute Gasteiger partial charge is 0.481 e. The minimum atomic E-state index is -4.50. The molecule has 5 nitrogen and oxygen atoms in total. The topological polar surface area (TPSA) is 62.1 Å². The number of likely N-dealkylation sites (tertiary alicyclic amines) is 1. The second kappa shape index (κ2) is 13.9. The molecule has 0 saturated carbocycles. The van der Waals surface area contributed by atoms with Crippen molar-refractivity contribution in [1.82, 2.24) is 4.90 Å². The molecule has 1 unspecified atom stereocenters. The summed E-state index contributed by atoms with van der Waals surface area (Å²) in [7, 11) is 0. The van der Waals surface area contributed by atoms with Crippen LogP contribution in [0.2, 0.25) is 0 Å². The molecule has 1 saturated heterocycles. The van der Waals surface area contributed by atoms with Crippen molar-refractivity contribution in [2.24, 2.45) is 11.1 Å². The van der Waals surface area contributed by atoms with Crippen molar-refractivity contribution in [3.05, 3.63) is 95.1 Å². The van der Waals surface area contributed by atoms with E-state index in [2.05, 4.69) is 10.1 Å². The van der Waals surface area contributed by atoms with Gasteiger partial charge in [0.15, 0.2) is 0 Å². The number of carboxylic acids is 1. The van der Waals surface area contributed by atoms with Crippen LogP contribution in [0.15, 0.2) is 78.0 Å². The molecule has 0 bridgehead atoms. The van der Waals surface area contributed by atoms with E-state index in [-0.39, 0.29) is 18.1 Å². The van der Waals surface area contributed by atoms with E-state index in [1.807, 2.05) is 38.1 Å². The maximum Gasteiger partial charge on any atom is 0.417 e. The fraction of sp³-hybridized carbons (Fsp3) is 0.355. The van der Waals surface area contributed by atoms with Crippen LogP contribution in [0.4, 0.5) is 13.2 Å². The van der Waals surface area contributed by atoms with E-state index >= 15 is 0 Å². The van der Waals surface area contributed by atoms with Crippen LogP contribution in [0.25, 0.3) is 11.1 Å². The Hall–Kier alpha value is -3.65. The fourth-order valence-electron chi connectivity index (χ4n) is 4.55. The Morgan fingerprint density at radius 1 is 1.03 bits per heavy atom. The van der Waals surface area contributed by atoms with E-state index in [1.165, 1.54) is 6.07 Å². The molecule has 3 aromatic rings. The molecule has 0 aliphatic carbocycles. The second-order valence-corrected chi connectivity index (χ2v) is 9.30. The van der Waals surface area contributed by atoms with Gasteiger partial charge in [-0.1, -0.05) is 85.7 Å². The number of carbonyl (C=O) groups is 1. The molecule has 0 spiro atoms. The Kier molecular flexibility index (Phi) is 10.7. The van der Waals surface area contributed by atoms with Gasteiger partial charge < -0.3 is 9.94 Å². The van der Waals surface area contributed by atoms with Crippen molar-refractivity contribution in [2.45, 2.75) is 52.9 Å². The molecule has 1 N–H and O–H groups in total. The van der Waals surface area contributed by atoms with E-state index < -0.39 is 17.7 Å². The van der Waals surface area contributed by atoms with Crippen LogP contribution in [0.1, 0.15) is 55.9 Å². The average Bonchev–Trinajstić information content (AvgIpc) is 2.94. The number of rotatable bonds is 8. The highest BCUT2D eigenvalue weighted by Gasteiger charge is 2.34. The predicted molar refractivity (Wildman–Crippen MR) is 147 cm³/mol. The van der Waals surface area contributed by atoms with Crippen molar-refractivity contribution < 1.29 is 27.9 Å². The third-order valence-electron chi connectivity index (χ3n) is 6.54. The second-order valence-electron chi connectivity index (χ2n) is 9.30. The first kappa shape index (κ1) is 29.9. The molecule has 208 valence electrons. The summed E-state index contributed by atoms with van der Waals surface area (Å²) in [4.78, 5) is 18.8. The van der Waals surface area contributed by atoms with Crippen LogP contribution in [0.5, 0.6) is 0 Å². The molecule has 0 amide bonds. The summed E-state index contributed by atoms with van der Waals surface area (Å²) in [6.45, 7) is 7.79. The average molecular weight is 541 g/mol.